The van der Waals surface area contributed by atoms with Crippen molar-refractivity contribution in [3.05, 3.63) is 58.7 Å². The Balaban J connectivity index is 1.52. The van der Waals surface area contributed by atoms with E-state index >= 15 is 0 Å². The normalized spacial score (nSPS) is 20.3. The second kappa shape index (κ2) is 6.76. The van der Waals surface area contributed by atoms with Crippen LogP contribution in [-0.2, 0) is 0 Å². The van der Waals surface area contributed by atoms with E-state index in [0.29, 0.717) is 6.71 Å². The molecule has 2 aliphatic carbocycles. The van der Waals surface area contributed by atoms with Crippen molar-refractivity contribution in [3.63, 3.8) is 0 Å². The lowest BCUT2D eigenvalue weighted by atomic mass is 9.41. The van der Waals surface area contributed by atoms with Crippen LogP contribution in [0.15, 0.2) is 36.4 Å². The minimum atomic E-state index is 0.477. The molecule has 1 heteroatoms. The van der Waals surface area contributed by atoms with Gasteiger partial charge in [-0.1, -0.05) is 92.0 Å². The average molecular weight is 340 g/mol. The molecule has 26 heavy (non-hydrogen) atoms. The largest absolute Gasteiger partial charge is 0.207 e. The number of rotatable bonds is 2. The van der Waals surface area contributed by atoms with Gasteiger partial charge in [-0.25, -0.2) is 0 Å². The van der Waals surface area contributed by atoms with E-state index in [1.54, 1.807) is 11.1 Å². The van der Waals surface area contributed by atoms with Crippen molar-refractivity contribution >= 4 is 29.8 Å². The maximum absolute atomic E-state index is 2.49. The third-order valence-corrected chi connectivity index (χ3v) is 7.25. The molecule has 0 N–H and O–H groups in total. The van der Waals surface area contributed by atoms with Crippen molar-refractivity contribution in [2.45, 2.75) is 70.0 Å². The quantitative estimate of drug-likeness (QED) is 0.613. The van der Waals surface area contributed by atoms with Crippen LogP contribution in [-0.4, -0.2) is 6.71 Å². The van der Waals surface area contributed by atoms with Gasteiger partial charge in [0.25, 0.3) is 0 Å². The fraction of sp³-hybridized carbons (Fsp3) is 0.440. The zero-order valence-corrected chi connectivity index (χ0v) is 16.0. The highest BCUT2D eigenvalue weighted by Crippen LogP contribution is 2.36. The van der Waals surface area contributed by atoms with Gasteiger partial charge in [0, 0.05) is 0 Å². The summed E-state index contributed by atoms with van der Waals surface area (Å²) < 4.78 is 0. The van der Waals surface area contributed by atoms with Gasteiger partial charge in [0.2, 0.25) is 6.71 Å². The smallest absolute Gasteiger partial charge is 0.0774 e. The zero-order valence-electron chi connectivity index (χ0n) is 16.0. The lowest BCUT2D eigenvalue weighted by Crippen LogP contribution is -2.41. The summed E-state index contributed by atoms with van der Waals surface area (Å²) in [6, 6.07) is 14.6. The molecule has 2 fully saturated rings. The molecule has 2 aromatic carbocycles. The maximum Gasteiger partial charge on any atom is 0.207 e. The summed E-state index contributed by atoms with van der Waals surface area (Å²) >= 11 is 0. The summed E-state index contributed by atoms with van der Waals surface area (Å²) in [6.45, 7) is 2.86. The monoisotopic (exact) mass is 340 g/mol. The highest BCUT2D eigenvalue weighted by Gasteiger charge is 2.24. The van der Waals surface area contributed by atoms with Crippen LogP contribution in [0.3, 0.4) is 0 Å². The van der Waals surface area contributed by atoms with E-state index in [-0.39, 0.29) is 0 Å². The van der Waals surface area contributed by atoms with Gasteiger partial charge in [-0.15, -0.1) is 0 Å². The predicted molar refractivity (Wildman–Crippen MR) is 115 cm³/mol. The van der Waals surface area contributed by atoms with Crippen molar-refractivity contribution < 1.29 is 0 Å². The van der Waals surface area contributed by atoms with E-state index in [9.17, 15) is 0 Å². The molecule has 0 nitrogen and oxygen atoms in total. The summed E-state index contributed by atoms with van der Waals surface area (Å²) in [5.41, 5.74) is 9.01. The average Bonchev–Trinajstić information content (AvgIpc) is 3.37. The van der Waals surface area contributed by atoms with Gasteiger partial charge in [-0.2, -0.15) is 0 Å². The Hall–Kier alpha value is -1.76. The van der Waals surface area contributed by atoms with Gasteiger partial charge in [0.1, 0.15) is 0 Å². The molecule has 1 aliphatic heterocycles. The molecule has 0 radical (unpaired) electrons. The second-order valence-corrected chi connectivity index (χ2v) is 8.79. The van der Waals surface area contributed by atoms with E-state index in [2.05, 4.69) is 55.4 Å². The maximum atomic E-state index is 2.49. The Morgan fingerprint density at radius 3 is 1.50 bits per heavy atom. The second-order valence-electron chi connectivity index (χ2n) is 8.79. The molecule has 1 heterocycles. The molecule has 2 saturated carbocycles. The van der Waals surface area contributed by atoms with Crippen molar-refractivity contribution in [1.82, 2.24) is 0 Å². The van der Waals surface area contributed by atoms with E-state index in [4.69, 9.17) is 0 Å². The lowest BCUT2D eigenvalue weighted by Gasteiger charge is -2.17. The summed E-state index contributed by atoms with van der Waals surface area (Å²) in [4.78, 5) is 0. The number of hydrogen-bond acceptors (Lipinski definition) is 0. The number of benzene rings is 2. The Bertz CT molecular complexity index is 766. The topological polar surface area (TPSA) is 0 Å². The van der Waals surface area contributed by atoms with Gasteiger partial charge >= 0.3 is 0 Å². The van der Waals surface area contributed by atoms with E-state index < -0.39 is 0 Å². The van der Waals surface area contributed by atoms with Crippen LogP contribution in [0.5, 0.6) is 0 Å². The Morgan fingerprint density at radius 1 is 0.654 bits per heavy atom. The van der Waals surface area contributed by atoms with Crippen LogP contribution in [0, 0.1) is 0 Å². The summed E-state index contributed by atoms with van der Waals surface area (Å²) in [5.74, 6) is 1.59. The predicted octanol–water partition coefficient (Wildman–Crippen LogP) is 5.72. The number of hydrogen-bond donors (Lipinski definition) is 0. The number of fused-ring (bicyclic) bond motifs is 2. The van der Waals surface area contributed by atoms with Crippen molar-refractivity contribution in [2.75, 3.05) is 0 Å². The fourth-order valence-corrected chi connectivity index (χ4v) is 5.64. The van der Waals surface area contributed by atoms with Crippen LogP contribution in [0.2, 0.25) is 6.82 Å². The summed E-state index contributed by atoms with van der Waals surface area (Å²) in [5, 5.41) is 0. The molecule has 2 aromatic rings. The third kappa shape index (κ3) is 2.86. The van der Waals surface area contributed by atoms with Crippen LogP contribution in [0.1, 0.15) is 85.5 Å². The van der Waals surface area contributed by atoms with Crippen molar-refractivity contribution in [3.8, 4) is 0 Å². The van der Waals surface area contributed by atoms with Crippen LogP contribution in [0.25, 0.3) is 12.2 Å². The SMILES string of the molecule is CB1c2ccc(C3CCCC3)cc2C=Cc2cc(C3CCCC3)ccc21. The molecule has 0 spiro atoms. The lowest BCUT2D eigenvalue weighted by molar-refractivity contribution is 0.723. The van der Waals surface area contributed by atoms with E-state index in [1.165, 1.54) is 73.4 Å². The van der Waals surface area contributed by atoms with Crippen LogP contribution >= 0.6 is 0 Å². The zero-order chi connectivity index (χ0) is 17.5. The van der Waals surface area contributed by atoms with Crippen molar-refractivity contribution in [1.29, 1.82) is 0 Å². The first-order chi connectivity index (χ1) is 12.8. The van der Waals surface area contributed by atoms with Gasteiger partial charge in [0.15, 0.2) is 0 Å². The summed E-state index contributed by atoms with van der Waals surface area (Å²) in [7, 11) is 0. The third-order valence-electron chi connectivity index (χ3n) is 7.25. The minimum Gasteiger partial charge on any atom is -0.0774 e. The first kappa shape index (κ1) is 16.4. The highest BCUT2D eigenvalue weighted by atomic mass is 14.2. The molecular formula is C25H29B. The van der Waals surface area contributed by atoms with Gasteiger partial charge in [-0.05, 0) is 59.8 Å². The molecule has 0 bridgehead atoms. The van der Waals surface area contributed by atoms with E-state index in [0.717, 1.165) is 11.8 Å². The van der Waals surface area contributed by atoms with Crippen LogP contribution in [0.4, 0.5) is 0 Å². The Kier molecular flexibility index (Phi) is 4.27. The van der Waals surface area contributed by atoms with Crippen LogP contribution < -0.4 is 10.9 Å². The van der Waals surface area contributed by atoms with E-state index in [1.807, 2.05) is 0 Å². The standard InChI is InChI=1S/C25H29B/c1-26-24-14-12-20(18-6-2-3-7-18)16-22(24)10-11-23-17-21(13-15-25(23)26)19-8-4-5-9-19/h10-19H,2-9H2,1H3. The van der Waals surface area contributed by atoms with Gasteiger partial charge in [-0.3, -0.25) is 0 Å². The van der Waals surface area contributed by atoms with Gasteiger partial charge in [0.05, 0.1) is 0 Å². The summed E-state index contributed by atoms with van der Waals surface area (Å²) in [6.07, 6.45) is 15.9. The molecule has 0 unspecified atom stereocenters. The molecule has 3 aliphatic rings. The highest BCUT2D eigenvalue weighted by molar-refractivity contribution is 6.85. The molecule has 0 amide bonds. The molecule has 132 valence electrons. The molecule has 0 aromatic heterocycles. The minimum absolute atomic E-state index is 0.477. The molecule has 0 atom stereocenters. The molecule has 0 saturated heterocycles. The molecule has 5 rings (SSSR count). The molecular weight excluding hydrogens is 311 g/mol. The fourth-order valence-electron chi connectivity index (χ4n) is 5.64. The Morgan fingerprint density at radius 2 is 1.08 bits per heavy atom. The van der Waals surface area contributed by atoms with Crippen molar-refractivity contribution in [2.24, 2.45) is 0 Å². The first-order valence-electron chi connectivity index (χ1n) is 10.8. The first-order valence-corrected chi connectivity index (χ1v) is 10.8. The Labute approximate surface area is 158 Å². The van der Waals surface area contributed by atoms with Gasteiger partial charge < -0.3 is 0 Å².